The van der Waals surface area contributed by atoms with Crippen LogP contribution in [0.2, 0.25) is 0 Å². The number of nitrogens with two attached hydrogens (primary N) is 1. The minimum absolute atomic E-state index is 0.161. The molecule has 0 atom stereocenters. The van der Waals surface area contributed by atoms with Crippen LogP contribution < -0.4 is 10.5 Å². The lowest BCUT2D eigenvalue weighted by Crippen LogP contribution is -2.21. The van der Waals surface area contributed by atoms with Gasteiger partial charge >= 0.3 is 6.36 Å². The largest absolute Gasteiger partial charge is 0.573 e. The number of aryl methyl sites for hydroxylation is 1. The van der Waals surface area contributed by atoms with Gasteiger partial charge in [0.05, 0.1) is 9.77 Å². The topological polar surface area (TPSA) is 73.6 Å². The number of halogens is 4. The number of ether oxygens (including phenoxy) is 1. The summed E-state index contributed by atoms with van der Waals surface area (Å²) < 4.78 is 48.1. The number of oxazole rings is 1. The molecule has 1 aliphatic rings. The summed E-state index contributed by atoms with van der Waals surface area (Å²) in [5.41, 5.74) is 9.42. The quantitative estimate of drug-likeness (QED) is 0.299. The van der Waals surface area contributed by atoms with Gasteiger partial charge in [0.25, 0.3) is 0 Å². The number of allylic oxidation sites excluding steroid dienone is 1. The van der Waals surface area contributed by atoms with Crippen molar-refractivity contribution in [3.63, 3.8) is 0 Å². The van der Waals surface area contributed by atoms with Crippen molar-refractivity contribution in [2.45, 2.75) is 24.3 Å². The van der Waals surface area contributed by atoms with Gasteiger partial charge in [-0.05, 0) is 55.5 Å². The molecule has 1 aliphatic heterocycles. The van der Waals surface area contributed by atoms with Crippen LogP contribution in [0.1, 0.15) is 12.8 Å². The third kappa shape index (κ3) is 6.25. The van der Waals surface area contributed by atoms with Gasteiger partial charge in [-0.15, -0.1) is 36.7 Å². The van der Waals surface area contributed by atoms with E-state index in [2.05, 4.69) is 37.6 Å². The number of alkyl halides is 3. The molecule has 0 saturated carbocycles. The number of nitrogens with zero attached hydrogens (tertiary/aromatic N) is 2. The minimum Gasteiger partial charge on any atom is -0.440 e. The summed E-state index contributed by atoms with van der Waals surface area (Å²) in [6, 6.07) is 11.0. The molecule has 0 amide bonds. The van der Waals surface area contributed by atoms with E-state index in [-0.39, 0.29) is 9.83 Å². The molecule has 184 valence electrons. The van der Waals surface area contributed by atoms with Gasteiger partial charge in [-0.1, -0.05) is 15.9 Å². The van der Waals surface area contributed by atoms with Crippen LogP contribution in [0, 0.1) is 6.92 Å². The Morgan fingerprint density at radius 2 is 1.89 bits per heavy atom. The maximum Gasteiger partial charge on any atom is 0.573 e. The van der Waals surface area contributed by atoms with Crippen molar-refractivity contribution in [3.05, 3.63) is 64.6 Å². The SMILES string of the molecule is Cc1nc(-c2ccc(OC(F)(F)F)cc2)c(-c2cc(Br)ccc2N=CC=C(N)C2(C)SCCS2)o1. The first-order valence-corrected chi connectivity index (χ1v) is 13.2. The number of benzene rings is 2. The number of hydrogen-bond donors (Lipinski definition) is 1. The van der Waals surface area contributed by atoms with Crippen LogP contribution in [0.15, 0.2) is 68.1 Å². The molecule has 3 aromatic rings. The minimum atomic E-state index is -4.76. The van der Waals surface area contributed by atoms with Gasteiger partial charge in [0.2, 0.25) is 0 Å². The van der Waals surface area contributed by atoms with E-state index in [0.717, 1.165) is 21.7 Å². The molecule has 4 rings (SSSR count). The molecular weight excluding hydrogens is 563 g/mol. The Morgan fingerprint density at radius 3 is 2.54 bits per heavy atom. The van der Waals surface area contributed by atoms with Crippen LogP contribution in [-0.4, -0.2) is 33.1 Å². The summed E-state index contributed by atoms with van der Waals surface area (Å²) in [4.78, 5) is 9.08. The van der Waals surface area contributed by atoms with Crippen LogP contribution in [0.5, 0.6) is 5.75 Å². The molecule has 1 saturated heterocycles. The third-order valence-corrected chi connectivity index (χ3v) is 8.98. The van der Waals surface area contributed by atoms with Gasteiger partial charge in [0.15, 0.2) is 11.7 Å². The number of rotatable bonds is 6. The molecule has 0 bridgehead atoms. The van der Waals surface area contributed by atoms with Gasteiger partial charge in [-0.2, -0.15) is 0 Å². The predicted molar refractivity (Wildman–Crippen MR) is 140 cm³/mol. The highest BCUT2D eigenvalue weighted by Gasteiger charge is 2.33. The zero-order valence-electron chi connectivity index (χ0n) is 18.7. The lowest BCUT2D eigenvalue weighted by atomic mass is 10.0. The fourth-order valence-electron chi connectivity index (χ4n) is 3.45. The highest BCUT2D eigenvalue weighted by molar-refractivity contribution is 9.10. The molecule has 0 unspecified atom stereocenters. The predicted octanol–water partition coefficient (Wildman–Crippen LogP) is 7.72. The molecule has 1 aromatic heterocycles. The van der Waals surface area contributed by atoms with Crippen LogP contribution in [-0.2, 0) is 0 Å². The molecule has 5 nitrogen and oxygen atoms in total. The van der Waals surface area contributed by atoms with Crippen molar-refractivity contribution in [2.24, 2.45) is 10.7 Å². The molecule has 2 heterocycles. The third-order valence-electron chi connectivity index (χ3n) is 5.13. The molecule has 11 heteroatoms. The van der Waals surface area contributed by atoms with E-state index in [4.69, 9.17) is 10.2 Å². The van der Waals surface area contributed by atoms with Crippen molar-refractivity contribution < 1.29 is 22.3 Å². The molecule has 1 fully saturated rings. The average Bonchev–Trinajstić information content (AvgIpc) is 3.40. The van der Waals surface area contributed by atoms with E-state index in [0.29, 0.717) is 34.2 Å². The van der Waals surface area contributed by atoms with Gasteiger partial charge in [0, 0.05) is 45.9 Å². The zero-order valence-corrected chi connectivity index (χ0v) is 21.9. The number of aromatic nitrogens is 1. The van der Waals surface area contributed by atoms with Crippen LogP contribution in [0.3, 0.4) is 0 Å². The molecule has 35 heavy (non-hydrogen) atoms. The average molecular weight is 584 g/mol. The van der Waals surface area contributed by atoms with E-state index in [1.165, 1.54) is 24.3 Å². The van der Waals surface area contributed by atoms with Crippen molar-refractivity contribution in [2.75, 3.05) is 11.5 Å². The van der Waals surface area contributed by atoms with E-state index in [1.54, 1.807) is 13.1 Å². The maximum atomic E-state index is 12.5. The van der Waals surface area contributed by atoms with Crippen LogP contribution >= 0.6 is 39.5 Å². The first kappa shape index (κ1) is 25.7. The van der Waals surface area contributed by atoms with Gasteiger partial charge in [-0.3, -0.25) is 4.99 Å². The Kier molecular flexibility index (Phi) is 7.58. The highest BCUT2D eigenvalue weighted by atomic mass is 79.9. The molecule has 2 N–H and O–H groups in total. The van der Waals surface area contributed by atoms with E-state index in [9.17, 15) is 13.2 Å². The Balaban J connectivity index is 1.68. The summed E-state index contributed by atoms with van der Waals surface area (Å²) in [7, 11) is 0. The number of thioether (sulfide) groups is 2. The Bertz CT molecular complexity index is 1270. The summed E-state index contributed by atoms with van der Waals surface area (Å²) in [5, 5.41) is 0. The fourth-order valence-corrected chi connectivity index (χ4v) is 6.56. The first-order valence-electron chi connectivity index (χ1n) is 10.5. The second kappa shape index (κ2) is 10.3. The van der Waals surface area contributed by atoms with Gasteiger partial charge in [-0.25, -0.2) is 4.98 Å². The Labute approximate surface area is 217 Å². The monoisotopic (exact) mass is 583 g/mol. The van der Waals surface area contributed by atoms with Crippen molar-refractivity contribution in [1.82, 2.24) is 4.98 Å². The second-order valence-electron chi connectivity index (χ2n) is 7.69. The first-order chi connectivity index (χ1) is 16.5. The second-order valence-corrected chi connectivity index (χ2v) is 11.9. The zero-order chi connectivity index (χ0) is 25.2. The van der Waals surface area contributed by atoms with E-state index >= 15 is 0 Å². The summed E-state index contributed by atoms with van der Waals surface area (Å²) in [6.07, 6.45) is -1.28. The molecule has 0 spiro atoms. The van der Waals surface area contributed by atoms with Crippen molar-refractivity contribution in [3.8, 4) is 28.3 Å². The summed E-state index contributed by atoms with van der Waals surface area (Å²) in [6.45, 7) is 3.81. The normalized spacial score (nSPS) is 16.2. The standard InChI is InChI=1S/C24H21BrF3N3O2S2/c1-14-31-21(15-3-6-17(7-4-15)33-24(26,27)28)22(32-14)18-13-16(25)5-8-19(18)30-10-9-20(29)23(2)34-11-12-35-23/h3-10,13H,11-12,29H2,1-2H3. The van der Waals surface area contributed by atoms with Crippen LogP contribution in [0.25, 0.3) is 22.6 Å². The van der Waals surface area contributed by atoms with E-state index < -0.39 is 6.36 Å². The molecular formula is C24H21BrF3N3O2S2. The summed E-state index contributed by atoms with van der Waals surface area (Å²) in [5.74, 6) is 2.66. The molecule has 0 aliphatic carbocycles. The number of hydrogen-bond acceptors (Lipinski definition) is 7. The van der Waals surface area contributed by atoms with Crippen LogP contribution in [0.4, 0.5) is 18.9 Å². The Morgan fingerprint density at radius 1 is 1.20 bits per heavy atom. The smallest absolute Gasteiger partial charge is 0.440 e. The Hall–Kier alpha value is -2.37. The fraction of sp³-hybridized carbons (Fsp3) is 0.250. The maximum absolute atomic E-state index is 12.5. The lowest BCUT2D eigenvalue weighted by Gasteiger charge is -2.21. The number of aliphatic imine (C=N–C) groups is 1. The van der Waals surface area contributed by atoms with Gasteiger partial charge < -0.3 is 14.9 Å². The van der Waals surface area contributed by atoms with Crippen molar-refractivity contribution >= 4 is 51.4 Å². The van der Waals surface area contributed by atoms with Gasteiger partial charge in [0.1, 0.15) is 11.4 Å². The van der Waals surface area contributed by atoms with Crippen molar-refractivity contribution in [1.29, 1.82) is 0 Å². The lowest BCUT2D eigenvalue weighted by molar-refractivity contribution is -0.274. The molecule has 2 aromatic carbocycles. The summed E-state index contributed by atoms with van der Waals surface area (Å²) >= 11 is 7.12. The molecule has 0 radical (unpaired) electrons. The van der Waals surface area contributed by atoms with E-state index in [1.807, 2.05) is 47.8 Å². The highest BCUT2D eigenvalue weighted by Crippen LogP contribution is 2.47.